The van der Waals surface area contributed by atoms with E-state index in [9.17, 15) is 18.0 Å². The Bertz CT molecular complexity index is 1320. The van der Waals surface area contributed by atoms with Crippen LogP contribution in [0.3, 0.4) is 0 Å². The van der Waals surface area contributed by atoms with Crippen LogP contribution in [0.25, 0.3) is 22.5 Å². The van der Waals surface area contributed by atoms with E-state index in [4.69, 9.17) is 0 Å². The maximum absolute atomic E-state index is 13.5. The zero-order valence-electron chi connectivity index (χ0n) is 16.1. The number of nitrogens with one attached hydrogen (secondary N) is 1. The van der Waals surface area contributed by atoms with Crippen LogP contribution in [0.5, 0.6) is 0 Å². The molecule has 2 aromatic carbocycles. The Hall–Kier alpha value is -3.88. The first-order chi connectivity index (χ1) is 15.0. The average molecular weight is 423 g/mol. The van der Waals surface area contributed by atoms with Gasteiger partial charge >= 0.3 is 0 Å². The number of anilines is 2. The molecule has 0 atom stereocenters. The van der Waals surface area contributed by atoms with Crippen LogP contribution in [-0.2, 0) is 13.1 Å². The second kappa shape index (κ2) is 7.42. The number of aromatic nitrogens is 4. The number of halogens is 3. The number of nitrogens with zero attached hydrogens (tertiary/aromatic N) is 4. The topological polar surface area (TPSA) is 64.7 Å². The predicted octanol–water partition coefficient (Wildman–Crippen LogP) is 4.34. The molecule has 0 saturated carbocycles. The van der Waals surface area contributed by atoms with Gasteiger partial charge in [0, 0.05) is 31.0 Å². The molecule has 0 bridgehead atoms. The molecule has 0 fully saturated rings. The molecule has 0 unspecified atom stereocenters. The fourth-order valence-corrected chi connectivity index (χ4v) is 3.86. The third-order valence-electron chi connectivity index (χ3n) is 5.12. The fraction of sp³-hybridized carbons (Fsp3) is 0.136. The summed E-state index contributed by atoms with van der Waals surface area (Å²) in [5, 5.41) is 2.79. The third-order valence-corrected chi connectivity index (χ3v) is 5.12. The van der Waals surface area contributed by atoms with Crippen LogP contribution in [0, 0.1) is 17.5 Å². The van der Waals surface area contributed by atoms with Gasteiger partial charge in [-0.2, -0.15) is 0 Å². The highest BCUT2D eigenvalue weighted by atomic mass is 19.1. The van der Waals surface area contributed by atoms with Gasteiger partial charge in [-0.15, -0.1) is 0 Å². The lowest BCUT2D eigenvalue weighted by atomic mass is 10.0. The summed E-state index contributed by atoms with van der Waals surface area (Å²) < 4.78 is 44.0. The van der Waals surface area contributed by atoms with E-state index in [2.05, 4.69) is 15.3 Å². The van der Waals surface area contributed by atoms with Crippen molar-refractivity contribution in [1.29, 1.82) is 0 Å². The van der Waals surface area contributed by atoms with Crippen LogP contribution in [-0.4, -0.2) is 19.3 Å². The predicted molar refractivity (Wildman–Crippen MR) is 109 cm³/mol. The second-order valence-corrected chi connectivity index (χ2v) is 7.18. The van der Waals surface area contributed by atoms with Gasteiger partial charge in [-0.3, -0.25) is 9.48 Å². The van der Waals surface area contributed by atoms with Crippen LogP contribution in [0.1, 0.15) is 6.42 Å². The van der Waals surface area contributed by atoms with Crippen LogP contribution in [0.4, 0.5) is 24.8 Å². The summed E-state index contributed by atoms with van der Waals surface area (Å²) in [6, 6.07) is 10.4. The van der Waals surface area contributed by atoms with Crippen LogP contribution in [0.15, 0.2) is 59.5 Å². The Morgan fingerprint density at radius 2 is 1.58 bits per heavy atom. The van der Waals surface area contributed by atoms with E-state index in [-0.39, 0.29) is 17.2 Å². The Kier molecular flexibility index (Phi) is 4.58. The molecule has 0 radical (unpaired) electrons. The summed E-state index contributed by atoms with van der Waals surface area (Å²) in [4.78, 5) is 21.7. The van der Waals surface area contributed by atoms with Crippen molar-refractivity contribution < 1.29 is 13.2 Å². The summed E-state index contributed by atoms with van der Waals surface area (Å²) in [6.45, 7) is 1.21. The molecule has 0 saturated heterocycles. The van der Waals surface area contributed by atoms with Gasteiger partial charge in [-0.1, -0.05) is 12.1 Å². The van der Waals surface area contributed by atoms with E-state index in [1.165, 1.54) is 18.3 Å². The molecule has 3 heterocycles. The number of rotatable bonds is 4. The summed E-state index contributed by atoms with van der Waals surface area (Å²) in [5.74, 6) is -1.73. The molecule has 0 aliphatic carbocycles. The standard InChI is InChI=1S/C22H16F3N5O/c23-14-4-2-13(3-5-14)19-20(29-8-1-9-30(29)21(19)31)18-6-7-26-22(28-18)27-17-11-15(24)10-16(25)12-17/h2-7,10-12H,1,8-9H2,(H,26,27,28). The van der Waals surface area contributed by atoms with Crippen molar-refractivity contribution in [3.8, 4) is 22.5 Å². The molecule has 0 spiro atoms. The number of hydrogen-bond donors (Lipinski definition) is 1. The van der Waals surface area contributed by atoms with E-state index >= 15 is 0 Å². The molecule has 2 aromatic heterocycles. The molecule has 1 aliphatic heterocycles. The summed E-state index contributed by atoms with van der Waals surface area (Å²) in [6.07, 6.45) is 2.31. The highest BCUT2D eigenvalue weighted by molar-refractivity contribution is 5.79. The number of benzene rings is 2. The van der Waals surface area contributed by atoms with Gasteiger partial charge in [0.05, 0.1) is 17.0 Å². The van der Waals surface area contributed by atoms with Crippen molar-refractivity contribution in [2.75, 3.05) is 5.32 Å². The van der Waals surface area contributed by atoms with E-state index < -0.39 is 17.5 Å². The first kappa shape index (κ1) is 19.1. The first-order valence-corrected chi connectivity index (χ1v) is 9.66. The maximum atomic E-state index is 13.5. The van der Waals surface area contributed by atoms with Crippen LogP contribution < -0.4 is 10.9 Å². The Labute approximate surface area is 174 Å². The molecule has 156 valence electrons. The molecular weight excluding hydrogens is 407 g/mol. The normalized spacial score (nSPS) is 12.7. The number of fused-ring (bicyclic) bond motifs is 1. The molecule has 31 heavy (non-hydrogen) atoms. The second-order valence-electron chi connectivity index (χ2n) is 7.18. The van der Waals surface area contributed by atoms with E-state index in [1.807, 2.05) is 4.68 Å². The van der Waals surface area contributed by atoms with E-state index in [0.717, 1.165) is 24.6 Å². The minimum atomic E-state index is -0.728. The molecule has 5 rings (SSSR count). The van der Waals surface area contributed by atoms with Crippen molar-refractivity contribution in [2.24, 2.45) is 0 Å². The Morgan fingerprint density at radius 1 is 0.871 bits per heavy atom. The monoisotopic (exact) mass is 423 g/mol. The molecule has 9 heteroatoms. The molecule has 4 aromatic rings. The first-order valence-electron chi connectivity index (χ1n) is 9.66. The Morgan fingerprint density at radius 3 is 2.32 bits per heavy atom. The summed E-state index contributed by atoms with van der Waals surface area (Å²) in [7, 11) is 0. The molecular formula is C22H16F3N5O. The van der Waals surface area contributed by atoms with Crippen LogP contribution >= 0.6 is 0 Å². The number of hydrogen-bond acceptors (Lipinski definition) is 4. The van der Waals surface area contributed by atoms with E-state index in [1.54, 1.807) is 22.9 Å². The van der Waals surface area contributed by atoms with E-state index in [0.29, 0.717) is 35.6 Å². The van der Waals surface area contributed by atoms with Gasteiger partial charge < -0.3 is 5.32 Å². The van der Waals surface area contributed by atoms with Gasteiger partial charge in [0.15, 0.2) is 0 Å². The van der Waals surface area contributed by atoms with Crippen molar-refractivity contribution >= 4 is 11.6 Å². The molecule has 0 amide bonds. The van der Waals surface area contributed by atoms with Gasteiger partial charge in [0.1, 0.15) is 17.5 Å². The maximum Gasteiger partial charge on any atom is 0.275 e. The molecule has 6 nitrogen and oxygen atoms in total. The van der Waals surface area contributed by atoms with Gasteiger partial charge in [0.2, 0.25) is 5.95 Å². The van der Waals surface area contributed by atoms with Crippen molar-refractivity contribution in [3.05, 3.63) is 82.5 Å². The SMILES string of the molecule is O=c1c(-c2ccc(F)cc2)c(-c2ccnc(Nc3cc(F)cc(F)c3)n2)n2n1CCC2. The smallest absolute Gasteiger partial charge is 0.275 e. The molecule has 1 aliphatic rings. The van der Waals surface area contributed by atoms with Crippen molar-refractivity contribution in [2.45, 2.75) is 19.5 Å². The lowest BCUT2D eigenvalue weighted by Gasteiger charge is -2.10. The lowest BCUT2D eigenvalue weighted by molar-refractivity contribution is 0.584. The van der Waals surface area contributed by atoms with Crippen molar-refractivity contribution in [1.82, 2.24) is 19.3 Å². The van der Waals surface area contributed by atoms with Gasteiger partial charge in [-0.05, 0) is 42.3 Å². The minimum absolute atomic E-state index is 0.124. The van der Waals surface area contributed by atoms with Gasteiger partial charge in [0.25, 0.3) is 5.56 Å². The third kappa shape index (κ3) is 3.48. The minimum Gasteiger partial charge on any atom is -0.324 e. The fourth-order valence-electron chi connectivity index (χ4n) is 3.86. The molecule has 1 N–H and O–H groups in total. The van der Waals surface area contributed by atoms with Gasteiger partial charge in [-0.25, -0.2) is 27.8 Å². The summed E-state index contributed by atoms with van der Waals surface area (Å²) in [5.41, 5.74) is 2.03. The summed E-state index contributed by atoms with van der Waals surface area (Å²) >= 11 is 0. The average Bonchev–Trinajstić information content (AvgIpc) is 3.30. The van der Waals surface area contributed by atoms with Crippen molar-refractivity contribution in [3.63, 3.8) is 0 Å². The highest BCUT2D eigenvalue weighted by Gasteiger charge is 2.26. The zero-order valence-corrected chi connectivity index (χ0v) is 16.1. The quantitative estimate of drug-likeness (QED) is 0.531. The zero-order chi connectivity index (χ0) is 21.5. The van der Waals surface area contributed by atoms with Crippen LogP contribution in [0.2, 0.25) is 0 Å². The largest absolute Gasteiger partial charge is 0.324 e. The lowest BCUT2D eigenvalue weighted by Crippen LogP contribution is -2.17. The Balaban J connectivity index is 1.62. The highest BCUT2D eigenvalue weighted by Crippen LogP contribution is 2.32.